The Bertz CT molecular complexity index is 2200. The third-order valence-electron chi connectivity index (χ3n) is 9.15. The van der Waals surface area contributed by atoms with E-state index in [4.69, 9.17) is 37.1 Å². The number of unbranched alkanes of at least 4 members (excludes halogenated alkanes) is 3. The number of rotatable bonds is 12. The van der Waals surface area contributed by atoms with Gasteiger partial charge in [-0.25, -0.2) is 4.79 Å². The lowest BCUT2D eigenvalue weighted by Gasteiger charge is -2.30. The van der Waals surface area contributed by atoms with E-state index in [-0.39, 0.29) is 12.1 Å². The Morgan fingerprint density at radius 3 is 1.76 bits per heavy atom. The molecule has 1 heterocycles. The van der Waals surface area contributed by atoms with Crippen molar-refractivity contribution in [3.8, 4) is 11.5 Å². The smallest absolute Gasteiger partial charge is 0.343 e. The quantitative estimate of drug-likeness (QED) is 0.0299. The van der Waals surface area contributed by atoms with Gasteiger partial charge in [0.15, 0.2) is 0 Å². The molecular weight excluding hydrogens is 731 g/mol. The molecule has 7 rings (SSSR count). The monoisotopic (exact) mass is 783 g/mol. The fourth-order valence-electron chi connectivity index (χ4n) is 6.00. The molecule has 1 aliphatic rings. The van der Waals surface area contributed by atoms with E-state index in [1.54, 1.807) is 60.7 Å². The lowest BCUT2D eigenvalue weighted by Crippen LogP contribution is -2.23. The van der Waals surface area contributed by atoms with E-state index < -0.39 is 5.97 Å². The van der Waals surface area contributed by atoms with Crippen LogP contribution in [-0.4, -0.2) is 39.2 Å². The summed E-state index contributed by atoms with van der Waals surface area (Å²) in [4.78, 5) is 25.5. The minimum Gasteiger partial charge on any atom is -0.494 e. The van der Waals surface area contributed by atoms with Gasteiger partial charge >= 0.3 is 11.9 Å². The average Bonchev–Trinajstić information content (AvgIpc) is 3.22. The number of benzene rings is 6. The van der Waals surface area contributed by atoms with E-state index in [2.05, 4.69) is 10.6 Å². The van der Waals surface area contributed by atoms with Crippen molar-refractivity contribution in [3.63, 3.8) is 0 Å². The maximum Gasteiger partial charge on any atom is 0.343 e. The number of carbonyl (C=O) groups is 2. The summed E-state index contributed by atoms with van der Waals surface area (Å²) >= 11 is 0. The Kier molecular flexibility index (Phi) is 15.0. The lowest BCUT2D eigenvalue weighted by molar-refractivity contribution is -0.141. The summed E-state index contributed by atoms with van der Waals surface area (Å²) in [5.74, 6) is 0.497. The summed E-state index contributed by atoms with van der Waals surface area (Å²) in [6.45, 7) is 2.47. The summed E-state index contributed by atoms with van der Waals surface area (Å²) in [5, 5.41) is 9.14. The van der Waals surface area contributed by atoms with Crippen molar-refractivity contribution >= 4 is 62.5 Å². The zero-order valence-electron chi connectivity index (χ0n) is 33.2. The number of nitrogens with one attached hydrogen (secondary N) is 2. The largest absolute Gasteiger partial charge is 0.494 e. The zero-order chi connectivity index (χ0) is 41.4. The fourth-order valence-corrected chi connectivity index (χ4v) is 6.00. The number of anilines is 7. The molecule has 1 unspecified atom stereocenters. The summed E-state index contributed by atoms with van der Waals surface area (Å²) in [5.41, 5.74) is 30.1. The molecule has 12 nitrogen and oxygen atoms in total. The van der Waals surface area contributed by atoms with Gasteiger partial charge < -0.3 is 52.7 Å². The lowest BCUT2D eigenvalue weighted by atomic mass is 10.0. The van der Waals surface area contributed by atoms with Crippen molar-refractivity contribution < 1.29 is 23.8 Å². The molecule has 58 heavy (non-hydrogen) atoms. The van der Waals surface area contributed by atoms with Crippen LogP contribution in [0.25, 0.3) is 10.8 Å². The van der Waals surface area contributed by atoms with E-state index in [1.165, 1.54) is 12.6 Å². The van der Waals surface area contributed by atoms with Gasteiger partial charge in [-0.1, -0.05) is 24.3 Å². The molecule has 0 spiro atoms. The van der Waals surface area contributed by atoms with Crippen molar-refractivity contribution in [2.45, 2.75) is 38.8 Å². The molecule has 6 aromatic rings. The van der Waals surface area contributed by atoms with Crippen LogP contribution in [0.5, 0.6) is 11.5 Å². The zero-order valence-corrected chi connectivity index (χ0v) is 33.2. The molecule has 302 valence electrons. The van der Waals surface area contributed by atoms with Crippen molar-refractivity contribution in [2.75, 3.05) is 65.8 Å². The topological polar surface area (TPSA) is 193 Å². The number of nitrogens with zero attached hydrogens (tertiary/aromatic N) is 1. The van der Waals surface area contributed by atoms with E-state index >= 15 is 0 Å². The molecule has 0 aromatic heterocycles. The number of nitrogens with two attached hydrogens (primary N) is 4. The van der Waals surface area contributed by atoms with Crippen LogP contribution in [0.2, 0.25) is 0 Å². The van der Waals surface area contributed by atoms with Crippen LogP contribution in [0.3, 0.4) is 0 Å². The molecule has 10 N–H and O–H groups in total. The van der Waals surface area contributed by atoms with E-state index in [1.807, 2.05) is 85.7 Å². The van der Waals surface area contributed by atoms with Crippen LogP contribution in [0, 0.1) is 0 Å². The van der Waals surface area contributed by atoms with Gasteiger partial charge in [-0.3, -0.25) is 4.79 Å². The molecule has 0 amide bonds. The summed E-state index contributed by atoms with van der Waals surface area (Å²) in [6.07, 6.45) is 3.60. The number of ether oxygens (including phenoxy) is 3. The normalized spacial score (nSPS) is 12.3. The van der Waals surface area contributed by atoms with Crippen LogP contribution in [0.15, 0.2) is 127 Å². The highest BCUT2D eigenvalue weighted by Gasteiger charge is 2.21. The van der Waals surface area contributed by atoms with Gasteiger partial charge in [-0.2, -0.15) is 0 Å². The number of nitrogen functional groups attached to an aromatic ring is 4. The summed E-state index contributed by atoms with van der Waals surface area (Å²) in [6, 6.07) is 39.2. The molecule has 6 aromatic carbocycles. The Morgan fingerprint density at radius 2 is 1.17 bits per heavy atom. The third kappa shape index (κ3) is 12.5. The average molecular weight is 784 g/mol. The van der Waals surface area contributed by atoms with E-state index in [0.29, 0.717) is 30.3 Å². The molecule has 1 aliphatic heterocycles. The number of hydrogen-bond donors (Lipinski definition) is 6. The molecule has 0 radical (unpaired) electrons. The number of esters is 2. The second-order valence-corrected chi connectivity index (χ2v) is 13.9. The van der Waals surface area contributed by atoms with E-state index in [9.17, 15) is 9.59 Å². The first-order chi connectivity index (χ1) is 28.0. The second kappa shape index (κ2) is 20.7. The first-order valence-corrected chi connectivity index (χ1v) is 19.1. The van der Waals surface area contributed by atoms with Gasteiger partial charge in [0.1, 0.15) is 17.7 Å². The predicted molar refractivity (Wildman–Crippen MR) is 237 cm³/mol. The van der Waals surface area contributed by atoms with Gasteiger partial charge in [-0.05, 0) is 134 Å². The van der Waals surface area contributed by atoms with Gasteiger partial charge in [-0.15, -0.1) is 0 Å². The van der Waals surface area contributed by atoms with Crippen LogP contribution in [0.1, 0.15) is 54.7 Å². The molecule has 12 heteroatoms. The Hall–Kier alpha value is -7.08. The standard InChI is InChI=1S/C32H33N3O5.C8H12N2.C6H8N2/c1-21(36)38-19-4-2-3-5-20-39-24-13-11-23(12-14-24)32(37)40-25-15-9-22(10-16-25)31-34-28-8-6-7-26-27(33)17-18-29(35-31)30(26)28;1-10(2)8-5-3-7(9)4-6-8;7-5-1-2-6(8)4-3-5/h6-18,31,34-35H,2-5,19-20,33H2,1H3;3-6H,9H2,1-2H3;1-4H,7-8H2. The van der Waals surface area contributed by atoms with E-state index in [0.717, 1.165) is 76.1 Å². The third-order valence-corrected chi connectivity index (χ3v) is 9.15. The predicted octanol–water partition coefficient (Wildman–Crippen LogP) is 8.87. The molecule has 0 fully saturated rings. The van der Waals surface area contributed by atoms with Gasteiger partial charge in [0.05, 0.1) is 18.8 Å². The maximum atomic E-state index is 12.7. The van der Waals surface area contributed by atoms with Crippen molar-refractivity contribution in [3.05, 3.63) is 139 Å². The minimum atomic E-state index is -0.431. The molecule has 1 atom stereocenters. The first kappa shape index (κ1) is 42.1. The molecule has 0 saturated heterocycles. The van der Waals surface area contributed by atoms with Crippen LogP contribution < -0.4 is 47.9 Å². The molecule has 0 aliphatic carbocycles. The van der Waals surface area contributed by atoms with Crippen LogP contribution in [0.4, 0.5) is 39.8 Å². The van der Waals surface area contributed by atoms with Crippen LogP contribution in [-0.2, 0) is 9.53 Å². The number of hydrogen-bond acceptors (Lipinski definition) is 12. The molecule has 0 bridgehead atoms. The Balaban J connectivity index is 0.000000291. The molecular formula is C46H53N7O5. The Morgan fingerprint density at radius 1 is 0.621 bits per heavy atom. The molecule has 0 saturated carbocycles. The maximum absolute atomic E-state index is 12.7. The Labute approximate surface area is 340 Å². The first-order valence-electron chi connectivity index (χ1n) is 19.1. The number of carbonyl (C=O) groups excluding carboxylic acids is 2. The van der Waals surface area contributed by atoms with Gasteiger partial charge in [0.2, 0.25) is 0 Å². The van der Waals surface area contributed by atoms with Crippen molar-refractivity contribution in [2.24, 2.45) is 0 Å². The van der Waals surface area contributed by atoms with Crippen LogP contribution >= 0.6 is 0 Å². The second-order valence-electron chi connectivity index (χ2n) is 13.9. The van der Waals surface area contributed by atoms with Crippen molar-refractivity contribution in [1.82, 2.24) is 0 Å². The fraction of sp³-hybridized carbons (Fsp3) is 0.217. The summed E-state index contributed by atoms with van der Waals surface area (Å²) in [7, 11) is 4.01. The highest BCUT2D eigenvalue weighted by molar-refractivity contribution is 6.09. The summed E-state index contributed by atoms with van der Waals surface area (Å²) < 4.78 is 16.3. The van der Waals surface area contributed by atoms with Crippen molar-refractivity contribution in [1.29, 1.82) is 0 Å². The highest BCUT2D eigenvalue weighted by atomic mass is 16.5. The highest BCUT2D eigenvalue weighted by Crippen LogP contribution is 2.40. The SMILES string of the molecule is CC(=O)OCCCCCCOc1ccc(C(=O)Oc2ccc(C3Nc4cccc5c(N)ccc(c45)N3)cc2)cc1.CN(C)c1ccc(N)cc1.Nc1ccc(N)cc1. The minimum absolute atomic E-state index is 0.139. The van der Waals surface area contributed by atoms with Gasteiger partial charge in [0, 0.05) is 71.6 Å². The van der Waals surface area contributed by atoms with Gasteiger partial charge in [0.25, 0.3) is 0 Å².